The molecular weight excluding hydrogens is 299 g/mol. The van der Waals surface area contributed by atoms with Crippen molar-refractivity contribution in [2.45, 2.75) is 56.6 Å². The van der Waals surface area contributed by atoms with Gasteiger partial charge in [0, 0.05) is 12.8 Å². The van der Waals surface area contributed by atoms with Gasteiger partial charge in [-0.2, -0.15) is 10.1 Å². The zero-order valence-electron chi connectivity index (χ0n) is 13.1. The normalized spacial score (nSPS) is 23.6. The van der Waals surface area contributed by atoms with Gasteiger partial charge in [0.1, 0.15) is 6.67 Å². The third kappa shape index (κ3) is 2.56. The average Bonchev–Trinajstić information content (AvgIpc) is 3.17. The van der Waals surface area contributed by atoms with E-state index >= 15 is 0 Å². The number of aromatic nitrogens is 4. The molecule has 1 aliphatic heterocycles. The summed E-state index contributed by atoms with van der Waals surface area (Å²) in [6.45, 7) is 0.620. The fraction of sp³-hybridized carbons (Fsp3) is 0.688. The van der Waals surface area contributed by atoms with Crippen molar-refractivity contribution in [2.75, 3.05) is 13.3 Å². The Morgan fingerprint density at radius 1 is 1.30 bits per heavy atom. The second-order valence-corrected chi connectivity index (χ2v) is 6.47. The van der Waals surface area contributed by atoms with Crippen molar-refractivity contribution in [1.29, 1.82) is 0 Å². The SMILES string of the molecule is FCCn1cc(-c2noc(C3(C4CCCCO4)CCC3)n2)cn1. The minimum Gasteiger partial charge on any atom is -0.377 e. The van der Waals surface area contributed by atoms with Crippen LogP contribution in [0.15, 0.2) is 16.9 Å². The smallest absolute Gasteiger partial charge is 0.235 e. The molecule has 1 aliphatic carbocycles. The van der Waals surface area contributed by atoms with E-state index in [1.807, 2.05) is 0 Å². The van der Waals surface area contributed by atoms with Gasteiger partial charge < -0.3 is 9.26 Å². The summed E-state index contributed by atoms with van der Waals surface area (Å²) in [5, 5.41) is 8.22. The maximum absolute atomic E-state index is 12.4. The van der Waals surface area contributed by atoms with E-state index in [0.717, 1.165) is 37.9 Å². The van der Waals surface area contributed by atoms with Crippen molar-refractivity contribution in [3.05, 3.63) is 18.3 Å². The zero-order valence-corrected chi connectivity index (χ0v) is 13.1. The number of hydrogen-bond donors (Lipinski definition) is 0. The molecule has 0 bridgehead atoms. The molecule has 2 fully saturated rings. The number of hydrogen-bond acceptors (Lipinski definition) is 5. The zero-order chi connectivity index (χ0) is 15.7. The second-order valence-electron chi connectivity index (χ2n) is 6.47. The van der Waals surface area contributed by atoms with Gasteiger partial charge in [-0.05, 0) is 32.1 Å². The van der Waals surface area contributed by atoms with Crippen LogP contribution in [-0.2, 0) is 16.7 Å². The van der Waals surface area contributed by atoms with Crippen LogP contribution >= 0.6 is 0 Å². The van der Waals surface area contributed by atoms with Gasteiger partial charge in [0.25, 0.3) is 0 Å². The molecule has 4 rings (SSSR count). The van der Waals surface area contributed by atoms with Gasteiger partial charge in [-0.15, -0.1) is 0 Å². The fourth-order valence-corrected chi connectivity index (χ4v) is 3.64. The topological polar surface area (TPSA) is 66.0 Å². The molecule has 0 aromatic carbocycles. The highest BCUT2D eigenvalue weighted by atomic mass is 19.1. The molecular formula is C16H21FN4O2. The van der Waals surface area contributed by atoms with Crippen LogP contribution in [0.4, 0.5) is 4.39 Å². The summed E-state index contributed by atoms with van der Waals surface area (Å²) < 4.78 is 25.5. The fourth-order valence-electron chi connectivity index (χ4n) is 3.64. The van der Waals surface area contributed by atoms with Crippen LogP contribution in [0.1, 0.15) is 44.4 Å². The molecule has 6 nitrogen and oxygen atoms in total. The highest BCUT2D eigenvalue weighted by Gasteiger charge is 2.51. The van der Waals surface area contributed by atoms with Gasteiger partial charge in [0.2, 0.25) is 11.7 Å². The Balaban J connectivity index is 1.58. The average molecular weight is 320 g/mol. The Kier molecular flexibility index (Phi) is 3.88. The van der Waals surface area contributed by atoms with Crippen molar-refractivity contribution >= 4 is 0 Å². The van der Waals surface area contributed by atoms with Gasteiger partial charge in [-0.25, -0.2) is 4.39 Å². The molecule has 124 valence electrons. The summed E-state index contributed by atoms with van der Waals surface area (Å²) in [6, 6.07) is 0. The van der Waals surface area contributed by atoms with Crippen molar-refractivity contribution in [3.63, 3.8) is 0 Å². The van der Waals surface area contributed by atoms with Crippen molar-refractivity contribution in [2.24, 2.45) is 0 Å². The third-order valence-corrected chi connectivity index (χ3v) is 5.10. The molecule has 3 heterocycles. The number of nitrogens with zero attached hydrogens (tertiary/aromatic N) is 4. The van der Waals surface area contributed by atoms with Gasteiger partial charge in [-0.1, -0.05) is 11.6 Å². The number of rotatable bonds is 5. The van der Waals surface area contributed by atoms with E-state index in [2.05, 4.69) is 15.2 Å². The third-order valence-electron chi connectivity index (χ3n) is 5.10. The molecule has 0 amide bonds. The first-order valence-corrected chi connectivity index (χ1v) is 8.36. The predicted molar refractivity (Wildman–Crippen MR) is 80.6 cm³/mol. The van der Waals surface area contributed by atoms with Crippen LogP contribution in [0.5, 0.6) is 0 Å². The van der Waals surface area contributed by atoms with E-state index in [4.69, 9.17) is 9.26 Å². The minimum atomic E-state index is -0.444. The Morgan fingerprint density at radius 3 is 2.91 bits per heavy atom. The Bertz CT molecular complexity index is 659. The van der Waals surface area contributed by atoms with Crippen molar-refractivity contribution < 1.29 is 13.7 Å². The van der Waals surface area contributed by atoms with E-state index in [1.165, 1.54) is 12.8 Å². The molecule has 23 heavy (non-hydrogen) atoms. The highest BCUT2D eigenvalue weighted by molar-refractivity contribution is 5.51. The molecule has 0 spiro atoms. The van der Waals surface area contributed by atoms with Crippen molar-refractivity contribution in [1.82, 2.24) is 19.9 Å². The van der Waals surface area contributed by atoms with E-state index < -0.39 is 6.67 Å². The first-order valence-electron chi connectivity index (χ1n) is 8.36. The highest BCUT2D eigenvalue weighted by Crippen LogP contribution is 2.49. The van der Waals surface area contributed by atoms with Crippen LogP contribution in [0.25, 0.3) is 11.4 Å². The number of alkyl halides is 1. The van der Waals surface area contributed by atoms with Crippen LogP contribution in [-0.4, -0.2) is 39.3 Å². The molecule has 2 aromatic heterocycles. The summed E-state index contributed by atoms with van der Waals surface area (Å²) >= 11 is 0. The quantitative estimate of drug-likeness (QED) is 0.847. The van der Waals surface area contributed by atoms with E-state index in [1.54, 1.807) is 17.1 Å². The molecule has 0 N–H and O–H groups in total. The first-order chi connectivity index (χ1) is 11.3. The number of ether oxygens (including phenoxy) is 1. The Morgan fingerprint density at radius 2 is 2.22 bits per heavy atom. The standard InChI is InChI=1S/C16H21FN4O2/c17-7-8-21-11-12(10-18-21)14-19-15(23-20-14)16(5-3-6-16)13-4-1-2-9-22-13/h10-11,13H,1-9H2. The Hall–Kier alpha value is -1.76. The molecule has 7 heteroatoms. The van der Waals surface area contributed by atoms with E-state index in [0.29, 0.717) is 11.7 Å². The van der Waals surface area contributed by atoms with Crippen LogP contribution in [0, 0.1) is 0 Å². The maximum Gasteiger partial charge on any atom is 0.235 e. The molecule has 1 atom stereocenters. The van der Waals surface area contributed by atoms with Gasteiger partial charge in [-0.3, -0.25) is 4.68 Å². The summed E-state index contributed by atoms with van der Waals surface area (Å²) in [7, 11) is 0. The van der Waals surface area contributed by atoms with Gasteiger partial charge >= 0.3 is 0 Å². The molecule has 1 saturated heterocycles. The van der Waals surface area contributed by atoms with Crippen molar-refractivity contribution in [3.8, 4) is 11.4 Å². The Labute approximate surface area is 134 Å². The summed E-state index contributed by atoms with van der Waals surface area (Å²) in [5.41, 5.74) is 0.646. The van der Waals surface area contributed by atoms with Crippen LogP contribution in [0.2, 0.25) is 0 Å². The van der Waals surface area contributed by atoms with Gasteiger partial charge in [0.05, 0.1) is 29.8 Å². The first kappa shape index (κ1) is 14.8. The summed E-state index contributed by atoms with van der Waals surface area (Å²) in [6.07, 6.45) is 10.2. The van der Waals surface area contributed by atoms with Crippen LogP contribution in [0.3, 0.4) is 0 Å². The molecule has 1 unspecified atom stereocenters. The summed E-state index contributed by atoms with van der Waals surface area (Å²) in [4.78, 5) is 4.62. The number of aryl methyl sites for hydroxylation is 1. The lowest BCUT2D eigenvalue weighted by atomic mass is 9.63. The molecule has 1 saturated carbocycles. The van der Waals surface area contributed by atoms with E-state index in [9.17, 15) is 4.39 Å². The monoisotopic (exact) mass is 320 g/mol. The van der Waals surface area contributed by atoms with Crippen LogP contribution < -0.4 is 0 Å². The lowest BCUT2D eigenvalue weighted by molar-refractivity contribution is -0.0737. The van der Waals surface area contributed by atoms with E-state index in [-0.39, 0.29) is 18.1 Å². The lowest BCUT2D eigenvalue weighted by Crippen LogP contribution is -2.48. The maximum atomic E-state index is 12.4. The molecule has 0 radical (unpaired) electrons. The van der Waals surface area contributed by atoms with Gasteiger partial charge in [0.15, 0.2) is 0 Å². The molecule has 2 aliphatic rings. The predicted octanol–water partition coefficient (Wildman–Crippen LogP) is 2.89. The molecule has 2 aromatic rings. The second kappa shape index (κ2) is 6.03. The lowest BCUT2D eigenvalue weighted by Gasteiger charge is -2.45. The minimum absolute atomic E-state index is 0.111. The summed E-state index contributed by atoms with van der Waals surface area (Å²) in [5.74, 6) is 1.20. The number of halogens is 1. The largest absolute Gasteiger partial charge is 0.377 e.